The number of sulfonamides is 2. The van der Waals surface area contributed by atoms with Crippen LogP contribution in [-0.4, -0.2) is 44.1 Å². The highest BCUT2D eigenvalue weighted by Gasteiger charge is 2.23. The number of rotatable bonds is 4. The van der Waals surface area contributed by atoms with Crippen molar-refractivity contribution in [2.45, 2.75) is 6.92 Å². The third kappa shape index (κ3) is 4.30. The van der Waals surface area contributed by atoms with Gasteiger partial charge in [0.25, 0.3) is 0 Å². The van der Waals surface area contributed by atoms with Gasteiger partial charge in [0.15, 0.2) is 0 Å². The van der Waals surface area contributed by atoms with Crippen molar-refractivity contribution in [1.82, 2.24) is 3.71 Å². The molecule has 0 heterocycles. The second kappa shape index (κ2) is 4.19. The van der Waals surface area contributed by atoms with E-state index in [-0.39, 0.29) is 3.71 Å². The number of aliphatic carboxylic acids is 1. The van der Waals surface area contributed by atoms with Crippen LogP contribution in [0.1, 0.15) is 6.92 Å². The Morgan fingerprint density at radius 1 is 1.13 bits per heavy atom. The number of hydrogen-bond acceptors (Lipinski definition) is 5. The minimum Gasteiger partial charge on any atom is -0.478 e. The van der Waals surface area contributed by atoms with Gasteiger partial charge in [-0.15, -0.1) is 0 Å². The van der Waals surface area contributed by atoms with Crippen molar-refractivity contribution in [1.29, 1.82) is 0 Å². The molecule has 0 aromatic carbocycles. The largest absolute Gasteiger partial charge is 0.478 e. The Kier molecular flexibility index (Phi) is 3.88. The zero-order valence-corrected chi connectivity index (χ0v) is 9.96. The SMILES string of the molecule is CC(=CN(S(C)(=O)=O)S(C)(=O)=O)C(=O)O. The average Bonchev–Trinajstić information content (AvgIpc) is 1.94. The fourth-order valence-corrected chi connectivity index (χ4v) is 3.32. The van der Waals surface area contributed by atoms with Gasteiger partial charge in [-0.1, -0.05) is 0 Å². The molecule has 0 bridgehead atoms. The molecule has 0 aromatic rings. The Hall–Kier alpha value is -1.09. The molecule has 0 unspecified atom stereocenters. The van der Waals surface area contributed by atoms with Gasteiger partial charge < -0.3 is 5.11 Å². The van der Waals surface area contributed by atoms with Gasteiger partial charge in [0.1, 0.15) is 0 Å². The molecule has 0 spiro atoms. The summed E-state index contributed by atoms with van der Waals surface area (Å²) in [5, 5.41) is 8.48. The molecule has 0 aliphatic carbocycles. The summed E-state index contributed by atoms with van der Waals surface area (Å²) in [5.41, 5.74) is -0.397. The highest BCUT2D eigenvalue weighted by Crippen LogP contribution is 2.08. The lowest BCUT2D eigenvalue weighted by molar-refractivity contribution is -0.132. The van der Waals surface area contributed by atoms with E-state index in [1.807, 2.05) is 0 Å². The van der Waals surface area contributed by atoms with Crippen molar-refractivity contribution in [3.63, 3.8) is 0 Å². The van der Waals surface area contributed by atoms with Crippen molar-refractivity contribution in [3.8, 4) is 0 Å². The number of carbonyl (C=O) groups is 1. The lowest BCUT2D eigenvalue weighted by Crippen LogP contribution is -2.31. The summed E-state index contributed by atoms with van der Waals surface area (Å²) in [6.07, 6.45) is 1.88. The Labute approximate surface area is 88.1 Å². The first-order chi connectivity index (χ1) is 6.46. The van der Waals surface area contributed by atoms with Crippen molar-refractivity contribution >= 4 is 26.0 Å². The van der Waals surface area contributed by atoms with Gasteiger partial charge in [-0.3, -0.25) is 0 Å². The quantitative estimate of drug-likeness (QED) is 0.660. The summed E-state index contributed by atoms with van der Waals surface area (Å²) in [6.45, 7) is 1.09. The highest BCUT2D eigenvalue weighted by molar-refractivity contribution is 8.03. The fraction of sp³-hybridized carbons (Fsp3) is 0.500. The molecule has 0 amide bonds. The maximum Gasteiger partial charge on any atom is 0.332 e. The van der Waals surface area contributed by atoms with Crippen LogP contribution in [0.4, 0.5) is 0 Å². The van der Waals surface area contributed by atoms with E-state index in [0.29, 0.717) is 18.7 Å². The Bertz CT molecular complexity index is 454. The minimum absolute atomic E-state index is 0.0173. The van der Waals surface area contributed by atoms with Crippen molar-refractivity contribution in [3.05, 3.63) is 11.8 Å². The highest BCUT2D eigenvalue weighted by atomic mass is 32.3. The molecule has 0 fully saturated rings. The van der Waals surface area contributed by atoms with E-state index in [2.05, 4.69) is 0 Å². The molecule has 1 N–H and O–H groups in total. The monoisotopic (exact) mass is 257 g/mol. The lowest BCUT2D eigenvalue weighted by Gasteiger charge is -2.15. The number of hydrogen-bond donors (Lipinski definition) is 1. The van der Waals surface area contributed by atoms with Gasteiger partial charge in [0, 0.05) is 6.20 Å². The molecule has 0 saturated heterocycles. The zero-order chi connectivity index (χ0) is 12.4. The summed E-state index contributed by atoms with van der Waals surface area (Å²) in [7, 11) is -8.09. The Morgan fingerprint density at radius 3 is 1.67 bits per heavy atom. The molecule has 0 rings (SSSR count). The van der Waals surface area contributed by atoms with Gasteiger partial charge in [-0.05, 0) is 6.92 Å². The van der Waals surface area contributed by atoms with Gasteiger partial charge in [0.05, 0.1) is 18.1 Å². The lowest BCUT2D eigenvalue weighted by atomic mass is 10.3. The van der Waals surface area contributed by atoms with Crippen LogP contribution in [-0.2, 0) is 24.8 Å². The summed E-state index contributed by atoms with van der Waals surface area (Å²) in [6, 6.07) is 0. The zero-order valence-electron chi connectivity index (χ0n) is 8.33. The van der Waals surface area contributed by atoms with Crippen LogP contribution in [0.3, 0.4) is 0 Å². The van der Waals surface area contributed by atoms with E-state index in [4.69, 9.17) is 5.11 Å². The molecular weight excluding hydrogens is 246 g/mol. The van der Waals surface area contributed by atoms with E-state index >= 15 is 0 Å². The van der Waals surface area contributed by atoms with Crippen LogP contribution >= 0.6 is 0 Å². The summed E-state index contributed by atoms with van der Waals surface area (Å²) < 4.78 is 44.2. The standard InChI is InChI=1S/C6H11NO6S2/c1-5(6(8)9)4-7(14(2,10)11)15(3,12)13/h4H,1-3H3,(H,8,9). The van der Waals surface area contributed by atoms with Crippen LogP contribution in [0.25, 0.3) is 0 Å². The predicted octanol–water partition coefficient (Wildman–Crippen LogP) is -0.804. The molecule has 88 valence electrons. The molecule has 7 nitrogen and oxygen atoms in total. The molecule has 0 radical (unpaired) electrons. The average molecular weight is 257 g/mol. The smallest absolute Gasteiger partial charge is 0.332 e. The first kappa shape index (κ1) is 13.9. The molecule has 15 heavy (non-hydrogen) atoms. The van der Waals surface area contributed by atoms with Gasteiger partial charge in [0.2, 0.25) is 20.0 Å². The van der Waals surface area contributed by atoms with E-state index < -0.39 is 31.6 Å². The molecule has 0 atom stereocenters. The molecule has 9 heteroatoms. The fourth-order valence-electron chi connectivity index (χ4n) is 0.651. The predicted molar refractivity (Wildman–Crippen MR) is 52.9 cm³/mol. The van der Waals surface area contributed by atoms with Crippen molar-refractivity contribution in [2.75, 3.05) is 12.5 Å². The van der Waals surface area contributed by atoms with Gasteiger partial charge in [-0.25, -0.2) is 21.6 Å². The molecule has 0 aliphatic heterocycles. The maximum absolute atomic E-state index is 11.0. The molecular formula is C6H11NO6S2. The second-order valence-electron chi connectivity index (χ2n) is 2.87. The van der Waals surface area contributed by atoms with Crippen LogP contribution in [0.2, 0.25) is 0 Å². The first-order valence-electron chi connectivity index (χ1n) is 3.57. The third-order valence-electron chi connectivity index (χ3n) is 1.29. The summed E-state index contributed by atoms with van der Waals surface area (Å²) >= 11 is 0. The van der Waals surface area contributed by atoms with Crippen molar-refractivity contribution in [2.24, 2.45) is 0 Å². The third-order valence-corrected chi connectivity index (χ3v) is 4.43. The minimum atomic E-state index is -4.05. The van der Waals surface area contributed by atoms with Crippen molar-refractivity contribution < 1.29 is 26.7 Å². The Balaban J connectivity index is 5.59. The maximum atomic E-state index is 11.0. The van der Waals surface area contributed by atoms with Crippen LogP contribution in [0, 0.1) is 0 Å². The van der Waals surface area contributed by atoms with Gasteiger partial charge in [-0.2, -0.15) is 3.71 Å². The molecule has 0 aromatic heterocycles. The summed E-state index contributed by atoms with van der Waals surface area (Å²) in [4.78, 5) is 10.4. The molecule has 0 saturated carbocycles. The van der Waals surface area contributed by atoms with Crippen LogP contribution in [0.15, 0.2) is 11.8 Å². The summed E-state index contributed by atoms with van der Waals surface area (Å²) in [5.74, 6) is -1.40. The van der Waals surface area contributed by atoms with E-state index in [0.717, 1.165) is 6.92 Å². The second-order valence-corrected chi connectivity index (χ2v) is 6.82. The van der Waals surface area contributed by atoms with E-state index in [1.165, 1.54) is 0 Å². The van der Waals surface area contributed by atoms with E-state index in [1.54, 1.807) is 0 Å². The Morgan fingerprint density at radius 2 is 1.47 bits per heavy atom. The van der Waals surface area contributed by atoms with E-state index in [9.17, 15) is 21.6 Å². The molecule has 0 aliphatic rings. The van der Waals surface area contributed by atoms with Crippen LogP contribution < -0.4 is 0 Å². The first-order valence-corrected chi connectivity index (χ1v) is 7.27. The number of nitrogens with zero attached hydrogens (tertiary/aromatic N) is 1. The van der Waals surface area contributed by atoms with Gasteiger partial charge >= 0.3 is 5.97 Å². The normalized spacial score (nSPS) is 13.7. The number of carboxylic acid groups (broad SMARTS) is 1. The topological polar surface area (TPSA) is 109 Å². The number of carboxylic acids is 1. The van der Waals surface area contributed by atoms with Crippen LogP contribution in [0.5, 0.6) is 0 Å².